The number of hydrogen-bond acceptors (Lipinski definition) is 5. The summed E-state index contributed by atoms with van der Waals surface area (Å²) in [4.78, 5) is 0. The fourth-order valence-electron chi connectivity index (χ4n) is 0.362. The van der Waals surface area contributed by atoms with Crippen LogP contribution in [0.4, 0.5) is 0 Å². The average molecular weight is 170 g/mol. The van der Waals surface area contributed by atoms with Crippen LogP contribution in [-0.2, 0) is 17.2 Å². The van der Waals surface area contributed by atoms with Crippen molar-refractivity contribution in [3.63, 3.8) is 0 Å². The van der Waals surface area contributed by atoms with Gasteiger partial charge in [-0.2, -0.15) is 0 Å². The third-order valence-corrected chi connectivity index (χ3v) is 3.26. The van der Waals surface area contributed by atoms with Gasteiger partial charge in [0.2, 0.25) is 0 Å². The predicted octanol–water partition coefficient (Wildman–Crippen LogP) is 0.223. The molecule has 0 atom stereocenters. The van der Waals surface area contributed by atoms with Crippen molar-refractivity contribution in [2.75, 3.05) is 21.3 Å². The summed E-state index contributed by atoms with van der Waals surface area (Å²) in [5.74, 6) is 0. The molecule has 0 aliphatic carbocycles. The van der Waals surface area contributed by atoms with E-state index in [0.29, 0.717) is 0 Å². The second-order valence-corrected chi connectivity index (χ2v) is 4.16. The Hall–Kier alpha value is 0.407. The van der Waals surface area contributed by atoms with Gasteiger partial charge in [0, 0.05) is 21.3 Å². The molecule has 0 rings (SSSR count). The van der Waals surface area contributed by atoms with Crippen LogP contribution in [0.25, 0.3) is 0 Å². The molecule has 56 valence electrons. The van der Waals surface area contributed by atoms with E-state index in [1.807, 2.05) is 0 Å². The van der Waals surface area contributed by atoms with Gasteiger partial charge in [0.25, 0.3) is 0 Å². The first-order chi connectivity index (χ1) is 4.24. The first kappa shape index (κ1) is 9.41. The van der Waals surface area contributed by atoms with Crippen molar-refractivity contribution in [2.45, 2.75) is 0 Å². The van der Waals surface area contributed by atoms with E-state index in [9.17, 15) is 0 Å². The molecule has 0 aromatic carbocycles. The summed E-state index contributed by atoms with van der Waals surface area (Å²) in [6, 6.07) is 0. The highest BCUT2D eigenvalue weighted by atomic mass is 32.1. The summed E-state index contributed by atoms with van der Waals surface area (Å²) in [7, 11) is 1.49. The average Bonchev–Trinajstić information content (AvgIpc) is 1.95. The molecule has 0 radical (unpaired) electrons. The molecule has 0 spiro atoms. The third-order valence-electron chi connectivity index (χ3n) is 0.862. The largest absolute Gasteiger partial charge is 0.690 e. The van der Waals surface area contributed by atoms with Gasteiger partial charge in [-0.15, -0.1) is 0 Å². The predicted molar refractivity (Wildman–Crippen MR) is 36.9 cm³/mol. The SMILES string of the molecule is CO[Si](OC)(OC)OS. The quantitative estimate of drug-likeness (QED) is 0.372. The molecule has 0 N–H and O–H groups in total. The lowest BCUT2D eigenvalue weighted by molar-refractivity contribution is 0.0599. The van der Waals surface area contributed by atoms with Crippen molar-refractivity contribution in [2.24, 2.45) is 0 Å². The van der Waals surface area contributed by atoms with Crippen LogP contribution >= 0.6 is 12.9 Å². The van der Waals surface area contributed by atoms with Crippen molar-refractivity contribution in [1.29, 1.82) is 0 Å². The number of thiol groups is 1. The minimum Gasteiger partial charge on any atom is -0.354 e. The van der Waals surface area contributed by atoms with Gasteiger partial charge in [0.15, 0.2) is 0 Å². The van der Waals surface area contributed by atoms with E-state index in [4.69, 9.17) is 13.3 Å². The van der Waals surface area contributed by atoms with Gasteiger partial charge in [-0.1, -0.05) is 0 Å². The van der Waals surface area contributed by atoms with Gasteiger partial charge in [-0.05, 0) is 12.9 Å². The fraction of sp³-hybridized carbons (Fsp3) is 1.00. The van der Waals surface area contributed by atoms with Crippen LogP contribution in [0.5, 0.6) is 0 Å². The van der Waals surface area contributed by atoms with Gasteiger partial charge in [0.05, 0.1) is 0 Å². The monoisotopic (exact) mass is 170 g/mol. The highest BCUT2D eigenvalue weighted by Crippen LogP contribution is 2.08. The van der Waals surface area contributed by atoms with Crippen LogP contribution in [0.2, 0.25) is 0 Å². The second kappa shape index (κ2) is 4.26. The Morgan fingerprint density at radius 1 is 1.00 bits per heavy atom. The molecule has 0 fully saturated rings. The zero-order valence-electron chi connectivity index (χ0n) is 5.58. The van der Waals surface area contributed by atoms with E-state index in [0.717, 1.165) is 0 Å². The van der Waals surface area contributed by atoms with Gasteiger partial charge in [-0.3, -0.25) is 3.87 Å². The van der Waals surface area contributed by atoms with E-state index >= 15 is 0 Å². The molecular weight excluding hydrogens is 160 g/mol. The summed E-state index contributed by atoms with van der Waals surface area (Å²) >= 11 is 3.53. The topological polar surface area (TPSA) is 36.9 Å². The summed E-state index contributed by atoms with van der Waals surface area (Å²) in [5.41, 5.74) is 0. The van der Waals surface area contributed by atoms with Gasteiger partial charge in [-0.25, -0.2) is 0 Å². The van der Waals surface area contributed by atoms with Crippen LogP contribution in [0, 0.1) is 0 Å². The molecule has 4 nitrogen and oxygen atoms in total. The molecule has 0 aromatic rings. The molecule has 0 aliphatic rings. The van der Waals surface area contributed by atoms with Crippen LogP contribution in [0.1, 0.15) is 0 Å². The van der Waals surface area contributed by atoms with Gasteiger partial charge >= 0.3 is 9.05 Å². The first-order valence-electron chi connectivity index (χ1n) is 2.22. The van der Waals surface area contributed by atoms with Crippen LogP contribution in [0.3, 0.4) is 0 Å². The van der Waals surface area contributed by atoms with Gasteiger partial charge in [0.1, 0.15) is 0 Å². The summed E-state index contributed by atoms with van der Waals surface area (Å²) in [6.07, 6.45) is 0. The Balaban J connectivity index is 3.82. The Kier molecular flexibility index (Phi) is 4.45. The molecule has 0 aliphatic heterocycles. The molecule has 0 saturated carbocycles. The van der Waals surface area contributed by atoms with Crippen molar-refractivity contribution in [1.82, 2.24) is 0 Å². The maximum absolute atomic E-state index is 4.78. The highest BCUT2D eigenvalue weighted by molar-refractivity contribution is 7.76. The van der Waals surface area contributed by atoms with Crippen molar-refractivity contribution < 1.29 is 17.2 Å². The van der Waals surface area contributed by atoms with E-state index in [1.165, 1.54) is 21.3 Å². The Labute approximate surface area is 61.2 Å². The van der Waals surface area contributed by atoms with Crippen LogP contribution < -0.4 is 0 Å². The van der Waals surface area contributed by atoms with E-state index in [1.54, 1.807) is 0 Å². The van der Waals surface area contributed by atoms with Crippen LogP contribution in [0.15, 0.2) is 0 Å². The maximum Gasteiger partial charge on any atom is 0.690 e. The molecular formula is C3H10O4SSi. The Bertz CT molecular complexity index is 58.7. The minimum atomic E-state index is -2.83. The molecule has 0 aromatic heterocycles. The molecule has 0 heterocycles. The molecule has 9 heavy (non-hydrogen) atoms. The van der Waals surface area contributed by atoms with E-state index < -0.39 is 9.05 Å². The summed E-state index contributed by atoms with van der Waals surface area (Å²) < 4.78 is 18.9. The second-order valence-electron chi connectivity index (χ2n) is 1.20. The van der Waals surface area contributed by atoms with Gasteiger partial charge < -0.3 is 13.3 Å². The molecule has 0 saturated heterocycles. The molecule has 0 unspecified atom stereocenters. The standard InChI is InChI=1S/C3H10O4SSi/c1-4-9(5-2,6-3)7-8/h8H,1-3H3. The normalized spacial score (nSPS) is 12.0. The molecule has 0 amide bonds. The number of rotatable bonds is 4. The zero-order valence-corrected chi connectivity index (χ0v) is 7.47. The van der Waals surface area contributed by atoms with Crippen molar-refractivity contribution in [3.05, 3.63) is 0 Å². The maximum atomic E-state index is 4.78. The van der Waals surface area contributed by atoms with E-state index in [-0.39, 0.29) is 0 Å². The van der Waals surface area contributed by atoms with E-state index in [2.05, 4.69) is 16.8 Å². The first-order valence-corrected chi connectivity index (χ1v) is 4.22. The lowest BCUT2D eigenvalue weighted by Crippen LogP contribution is -2.43. The molecule has 6 heteroatoms. The lowest BCUT2D eigenvalue weighted by Gasteiger charge is -2.18. The summed E-state index contributed by atoms with van der Waals surface area (Å²) in [6.45, 7) is 0. The highest BCUT2D eigenvalue weighted by Gasteiger charge is 2.41. The zero-order chi connectivity index (χ0) is 7.33. The molecule has 0 bridgehead atoms. The fourth-order valence-corrected chi connectivity index (χ4v) is 1.76. The lowest BCUT2D eigenvalue weighted by atomic mass is 11.8. The smallest absolute Gasteiger partial charge is 0.354 e. The van der Waals surface area contributed by atoms with Crippen molar-refractivity contribution >= 4 is 22.0 Å². The van der Waals surface area contributed by atoms with Crippen molar-refractivity contribution in [3.8, 4) is 0 Å². The minimum absolute atomic E-state index is 1.44. The Morgan fingerprint density at radius 2 is 1.33 bits per heavy atom. The number of hydrogen-bond donors (Lipinski definition) is 1. The Morgan fingerprint density at radius 3 is 1.33 bits per heavy atom. The van der Waals surface area contributed by atoms with Crippen LogP contribution in [-0.4, -0.2) is 30.4 Å². The third kappa shape index (κ3) is 2.24. The summed E-state index contributed by atoms with van der Waals surface area (Å²) in [5, 5.41) is 0.